The van der Waals surface area contributed by atoms with Gasteiger partial charge in [-0.2, -0.15) is 0 Å². The molecular formula is C21H26N2O6S. The molecule has 0 aliphatic heterocycles. The summed E-state index contributed by atoms with van der Waals surface area (Å²) in [6.45, 7) is 0.660. The number of nitrogens with zero attached hydrogens (tertiary/aromatic N) is 2. The fourth-order valence-electron chi connectivity index (χ4n) is 3.11. The number of carboxylic acids is 2. The van der Waals surface area contributed by atoms with Crippen LogP contribution < -0.4 is 0 Å². The van der Waals surface area contributed by atoms with E-state index in [1.807, 2.05) is 30.5 Å². The molecule has 0 saturated carbocycles. The molecule has 0 fully saturated rings. The first kappa shape index (κ1) is 23.5. The SMILES string of the molecule is CSc1ccccc1CN(CCN(CC(=O)O)Cc1cccc(O)c1O)CC(=O)O. The Hall–Kier alpha value is -2.75. The Labute approximate surface area is 179 Å². The van der Waals surface area contributed by atoms with E-state index in [0.29, 0.717) is 18.7 Å². The number of phenols is 2. The molecule has 9 heteroatoms. The number of aliphatic carboxylic acids is 2. The van der Waals surface area contributed by atoms with Crippen LogP contribution >= 0.6 is 11.8 Å². The molecule has 0 unspecified atom stereocenters. The number of hydrogen-bond acceptors (Lipinski definition) is 7. The van der Waals surface area contributed by atoms with Gasteiger partial charge in [-0.15, -0.1) is 11.8 Å². The van der Waals surface area contributed by atoms with Crippen molar-refractivity contribution < 1.29 is 30.0 Å². The Morgan fingerprint density at radius 1 is 0.833 bits per heavy atom. The Kier molecular flexibility index (Phi) is 8.97. The van der Waals surface area contributed by atoms with Crippen LogP contribution in [-0.4, -0.2) is 74.6 Å². The summed E-state index contributed by atoms with van der Waals surface area (Å²) in [6, 6.07) is 12.3. The third kappa shape index (κ3) is 7.25. The highest BCUT2D eigenvalue weighted by Gasteiger charge is 2.18. The molecule has 0 heterocycles. The quantitative estimate of drug-likeness (QED) is 0.294. The largest absolute Gasteiger partial charge is 0.504 e. The molecule has 2 rings (SSSR count). The summed E-state index contributed by atoms with van der Waals surface area (Å²) in [6.07, 6.45) is 1.96. The third-order valence-electron chi connectivity index (χ3n) is 4.53. The van der Waals surface area contributed by atoms with E-state index >= 15 is 0 Å². The van der Waals surface area contributed by atoms with Crippen molar-refractivity contribution in [3.05, 3.63) is 53.6 Å². The van der Waals surface area contributed by atoms with Crippen LogP contribution in [0.25, 0.3) is 0 Å². The van der Waals surface area contributed by atoms with Crippen LogP contribution in [0.15, 0.2) is 47.4 Å². The van der Waals surface area contributed by atoms with Crippen LogP contribution in [0, 0.1) is 0 Å². The van der Waals surface area contributed by atoms with Crippen molar-refractivity contribution in [3.8, 4) is 11.5 Å². The number of carbonyl (C=O) groups is 2. The molecule has 8 nitrogen and oxygen atoms in total. The fraction of sp³-hybridized carbons (Fsp3) is 0.333. The van der Waals surface area contributed by atoms with Gasteiger partial charge in [0, 0.05) is 36.6 Å². The number of phenolic OH excluding ortho intramolecular Hbond substituents is 2. The second kappa shape index (κ2) is 11.4. The van der Waals surface area contributed by atoms with Crippen molar-refractivity contribution in [1.82, 2.24) is 9.80 Å². The van der Waals surface area contributed by atoms with Gasteiger partial charge in [-0.25, -0.2) is 0 Å². The lowest BCUT2D eigenvalue weighted by Gasteiger charge is -2.26. The van der Waals surface area contributed by atoms with Crippen LogP contribution in [0.5, 0.6) is 11.5 Å². The minimum absolute atomic E-state index is 0.106. The zero-order valence-electron chi connectivity index (χ0n) is 16.7. The van der Waals surface area contributed by atoms with Crippen molar-refractivity contribution >= 4 is 23.7 Å². The summed E-state index contributed by atoms with van der Waals surface area (Å²) < 4.78 is 0. The summed E-state index contributed by atoms with van der Waals surface area (Å²) >= 11 is 1.58. The molecule has 0 spiro atoms. The van der Waals surface area contributed by atoms with Gasteiger partial charge in [0.1, 0.15) is 0 Å². The van der Waals surface area contributed by atoms with Crippen molar-refractivity contribution in [1.29, 1.82) is 0 Å². The first-order chi connectivity index (χ1) is 14.3. The Bertz CT molecular complexity index is 876. The van der Waals surface area contributed by atoms with Gasteiger partial charge in [-0.3, -0.25) is 19.4 Å². The zero-order valence-corrected chi connectivity index (χ0v) is 17.5. The highest BCUT2D eigenvalue weighted by Crippen LogP contribution is 2.29. The molecule has 0 aliphatic rings. The van der Waals surface area contributed by atoms with E-state index in [0.717, 1.165) is 10.5 Å². The number of thioether (sulfide) groups is 1. The van der Waals surface area contributed by atoms with Crippen LogP contribution in [0.4, 0.5) is 0 Å². The highest BCUT2D eigenvalue weighted by atomic mass is 32.2. The van der Waals surface area contributed by atoms with E-state index < -0.39 is 11.9 Å². The first-order valence-corrected chi connectivity index (χ1v) is 10.5. The van der Waals surface area contributed by atoms with E-state index in [9.17, 15) is 30.0 Å². The Balaban J connectivity index is 2.12. The van der Waals surface area contributed by atoms with Gasteiger partial charge in [0.25, 0.3) is 0 Å². The molecule has 0 aliphatic carbocycles. The second-order valence-corrected chi connectivity index (χ2v) is 7.65. The number of rotatable bonds is 12. The zero-order chi connectivity index (χ0) is 22.1. The van der Waals surface area contributed by atoms with Gasteiger partial charge >= 0.3 is 11.9 Å². The van der Waals surface area contributed by atoms with E-state index in [4.69, 9.17) is 0 Å². The smallest absolute Gasteiger partial charge is 0.317 e. The van der Waals surface area contributed by atoms with Crippen LogP contribution in [-0.2, 0) is 22.7 Å². The number of carboxylic acid groups (broad SMARTS) is 2. The van der Waals surface area contributed by atoms with E-state index in [1.165, 1.54) is 6.07 Å². The number of hydrogen-bond donors (Lipinski definition) is 4. The maximum atomic E-state index is 11.3. The maximum Gasteiger partial charge on any atom is 0.317 e. The fourth-order valence-corrected chi connectivity index (χ4v) is 3.72. The minimum atomic E-state index is -1.04. The molecule has 0 radical (unpaired) electrons. The minimum Gasteiger partial charge on any atom is -0.504 e. The molecule has 30 heavy (non-hydrogen) atoms. The van der Waals surface area contributed by atoms with Crippen LogP contribution in [0.2, 0.25) is 0 Å². The molecule has 4 N–H and O–H groups in total. The number of para-hydroxylation sites is 1. The molecule has 2 aromatic rings. The molecule has 0 amide bonds. The molecule has 0 saturated heterocycles. The highest BCUT2D eigenvalue weighted by molar-refractivity contribution is 7.98. The summed E-state index contributed by atoms with van der Waals surface area (Å²) in [4.78, 5) is 27.0. The van der Waals surface area contributed by atoms with Crippen LogP contribution in [0.3, 0.4) is 0 Å². The predicted octanol–water partition coefficient (Wildman–Crippen LogP) is 2.29. The topological polar surface area (TPSA) is 122 Å². The Morgan fingerprint density at radius 3 is 1.93 bits per heavy atom. The molecule has 0 aromatic heterocycles. The molecule has 0 atom stereocenters. The molecule has 162 valence electrons. The average molecular weight is 435 g/mol. The average Bonchev–Trinajstić information content (AvgIpc) is 2.69. The van der Waals surface area contributed by atoms with Crippen LogP contribution in [0.1, 0.15) is 11.1 Å². The molecular weight excluding hydrogens is 408 g/mol. The maximum absolute atomic E-state index is 11.3. The second-order valence-electron chi connectivity index (χ2n) is 6.81. The number of benzene rings is 2. The van der Waals surface area contributed by atoms with Gasteiger partial charge in [-0.1, -0.05) is 30.3 Å². The summed E-state index contributed by atoms with van der Waals surface area (Å²) in [5, 5.41) is 38.2. The van der Waals surface area contributed by atoms with E-state index in [2.05, 4.69) is 0 Å². The normalized spacial score (nSPS) is 11.2. The first-order valence-electron chi connectivity index (χ1n) is 9.30. The lowest BCUT2D eigenvalue weighted by atomic mass is 10.1. The summed E-state index contributed by atoms with van der Waals surface area (Å²) in [7, 11) is 0. The van der Waals surface area contributed by atoms with Crippen molar-refractivity contribution in [3.63, 3.8) is 0 Å². The van der Waals surface area contributed by atoms with Gasteiger partial charge < -0.3 is 20.4 Å². The number of aromatic hydroxyl groups is 2. The van der Waals surface area contributed by atoms with Gasteiger partial charge in [0.05, 0.1) is 13.1 Å². The van der Waals surface area contributed by atoms with Gasteiger partial charge in [0.15, 0.2) is 11.5 Å². The lowest BCUT2D eigenvalue weighted by molar-refractivity contribution is -0.140. The predicted molar refractivity (Wildman–Crippen MR) is 114 cm³/mol. The standard InChI is InChI=1S/C21H26N2O6S/c1-30-18-8-3-2-5-15(18)11-22(13-19(25)26)9-10-23(14-20(27)28)12-16-6-4-7-17(24)21(16)29/h2-8,24,29H,9-14H2,1H3,(H,25,26)(H,27,28). The van der Waals surface area contributed by atoms with E-state index in [-0.39, 0.29) is 37.7 Å². The summed E-state index contributed by atoms with van der Waals surface area (Å²) in [5.74, 6) is -2.56. The van der Waals surface area contributed by atoms with E-state index in [1.54, 1.807) is 33.7 Å². The van der Waals surface area contributed by atoms with Gasteiger partial charge in [0.2, 0.25) is 0 Å². The monoisotopic (exact) mass is 434 g/mol. The molecule has 0 bridgehead atoms. The van der Waals surface area contributed by atoms with Crippen molar-refractivity contribution in [2.75, 3.05) is 32.4 Å². The summed E-state index contributed by atoms with van der Waals surface area (Å²) in [5.41, 5.74) is 1.40. The Morgan fingerprint density at radius 2 is 1.37 bits per heavy atom. The lowest BCUT2D eigenvalue weighted by Crippen LogP contribution is -2.39. The molecule has 2 aromatic carbocycles. The third-order valence-corrected chi connectivity index (χ3v) is 5.37. The van der Waals surface area contributed by atoms with Gasteiger partial charge in [-0.05, 0) is 24.0 Å². The van der Waals surface area contributed by atoms with Crippen molar-refractivity contribution in [2.45, 2.75) is 18.0 Å². The van der Waals surface area contributed by atoms with Crippen molar-refractivity contribution in [2.24, 2.45) is 0 Å².